The standard InChI is InChI=1S/C19H28N4O3.2ClH/c24-18(13-23-9-3-1-2-4-10-23)21-15-6-5-7-16(12-15)22-19(25)17-14-26-11-8-20-17;;/h5-7,12,17,20H,1-4,8-11,13-14H2,(H,21,24)(H,22,25);2*1H. The van der Waals surface area contributed by atoms with E-state index in [9.17, 15) is 9.59 Å². The zero-order chi connectivity index (χ0) is 18.2. The SMILES string of the molecule is Cl.Cl.O=C(CN1CCCCCC1)Nc1cccc(NC(=O)C2COCCN2)c1. The van der Waals surface area contributed by atoms with Crippen LogP contribution in [0.5, 0.6) is 0 Å². The second-order valence-electron chi connectivity index (χ2n) is 6.89. The summed E-state index contributed by atoms with van der Waals surface area (Å²) in [6, 6.07) is 6.90. The highest BCUT2D eigenvalue weighted by Gasteiger charge is 2.21. The first kappa shape index (κ1) is 24.7. The predicted octanol–water partition coefficient (Wildman–Crippen LogP) is 2.27. The Labute approximate surface area is 178 Å². The topological polar surface area (TPSA) is 82.7 Å². The van der Waals surface area contributed by atoms with E-state index >= 15 is 0 Å². The number of nitrogens with zero attached hydrogens (tertiary/aromatic N) is 1. The molecule has 0 aliphatic carbocycles. The molecule has 1 aromatic carbocycles. The molecule has 1 unspecified atom stereocenters. The molecule has 3 rings (SSSR count). The second kappa shape index (κ2) is 13.0. The molecule has 2 heterocycles. The van der Waals surface area contributed by atoms with Gasteiger partial charge in [0.25, 0.3) is 0 Å². The molecule has 1 atom stereocenters. The lowest BCUT2D eigenvalue weighted by atomic mass is 10.2. The summed E-state index contributed by atoms with van der Waals surface area (Å²) in [7, 11) is 0. The zero-order valence-electron chi connectivity index (χ0n) is 15.9. The molecular weight excluding hydrogens is 403 g/mol. The van der Waals surface area contributed by atoms with E-state index in [0.717, 1.165) is 25.9 Å². The second-order valence-corrected chi connectivity index (χ2v) is 6.89. The van der Waals surface area contributed by atoms with Gasteiger partial charge in [0.05, 0.1) is 19.8 Å². The van der Waals surface area contributed by atoms with Crippen LogP contribution in [-0.4, -0.2) is 62.1 Å². The number of morpholine rings is 1. The fourth-order valence-electron chi connectivity index (χ4n) is 3.34. The van der Waals surface area contributed by atoms with E-state index in [-0.39, 0.29) is 42.7 Å². The molecule has 0 saturated carbocycles. The molecule has 0 radical (unpaired) electrons. The Morgan fingerprint density at radius 2 is 1.75 bits per heavy atom. The average molecular weight is 433 g/mol. The molecule has 9 heteroatoms. The minimum absolute atomic E-state index is 0. The predicted molar refractivity (Wildman–Crippen MR) is 116 cm³/mol. The summed E-state index contributed by atoms with van der Waals surface area (Å²) in [4.78, 5) is 26.8. The quantitative estimate of drug-likeness (QED) is 0.664. The molecule has 0 aromatic heterocycles. The molecule has 0 bridgehead atoms. The lowest BCUT2D eigenvalue weighted by Gasteiger charge is -2.23. The minimum Gasteiger partial charge on any atom is -0.378 e. The van der Waals surface area contributed by atoms with Crippen molar-refractivity contribution in [3.8, 4) is 0 Å². The van der Waals surface area contributed by atoms with E-state index in [1.807, 2.05) is 18.2 Å². The number of hydrogen-bond donors (Lipinski definition) is 3. The van der Waals surface area contributed by atoms with Crippen LogP contribution in [0.2, 0.25) is 0 Å². The van der Waals surface area contributed by atoms with E-state index in [4.69, 9.17) is 4.74 Å². The summed E-state index contributed by atoms with van der Waals surface area (Å²) in [6.45, 7) is 4.06. The highest BCUT2D eigenvalue weighted by molar-refractivity contribution is 5.97. The van der Waals surface area contributed by atoms with E-state index in [2.05, 4.69) is 20.9 Å². The Kier molecular flexibility index (Phi) is 11.4. The van der Waals surface area contributed by atoms with Crippen LogP contribution in [0, 0.1) is 0 Å². The van der Waals surface area contributed by atoms with Gasteiger partial charge in [-0.2, -0.15) is 0 Å². The summed E-state index contributed by atoms with van der Waals surface area (Å²) < 4.78 is 5.31. The number of anilines is 2. The number of rotatable bonds is 5. The maximum Gasteiger partial charge on any atom is 0.243 e. The number of hydrogen-bond acceptors (Lipinski definition) is 5. The van der Waals surface area contributed by atoms with Gasteiger partial charge < -0.3 is 20.7 Å². The fourth-order valence-corrected chi connectivity index (χ4v) is 3.34. The van der Waals surface area contributed by atoms with Crippen molar-refractivity contribution in [2.24, 2.45) is 0 Å². The number of carbonyl (C=O) groups is 2. The van der Waals surface area contributed by atoms with Crippen LogP contribution in [0.4, 0.5) is 11.4 Å². The third-order valence-electron chi connectivity index (χ3n) is 4.72. The summed E-state index contributed by atoms with van der Waals surface area (Å²) in [5, 5.41) is 8.93. The number of halogens is 2. The van der Waals surface area contributed by atoms with Crippen LogP contribution >= 0.6 is 24.8 Å². The largest absolute Gasteiger partial charge is 0.378 e. The Morgan fingerprint density at radius 1 is 1.07 bits per heavy atom. The van der Waals surface area contributed by atoms with Gasteiger partial charge in [-0.05, 0) is 44.1 Å². The maximum atomic E-state index is 12.3. The monoisotopic (exact) mass is 432 g/mol. The number of benzene rings is 1. The molecule has 158 valence electrons. The van der Waals surface area contributed by atoms with Gasteiger partial charge in [-0.3, -0.25) is 14.5 Å². The van der Waals surface area contributed by atoms with Crippen molar-refractivity contribution >= 4 is 48.0 Å². The fraction of sp³-hybridized carbons (Fsp3) is 0.579. The summed E-state index contributed by atoms with van der Waals surface area (Å²) in [6.07, 6.45) is 4.82. The summed E-state index contributed by atoms with van der Waals surface area (Å²) >= 11 is 0. The van der Waals surface area contributed by atoms with Crippen LogP contribution in [0.3, 0.4) is 0 Å². The number of likely N-dealkylation sites (tertiary alicyclic amines) is 1. The third kappa shape index (κ3) is 7.93. The van der Waals surface area contributed by atoms with Crippen molar-refractivity contribution in [3.63, 3.8) is 0 Å². The molecule has 2 aliphatic heterocycles. The van der Waals surface area contributed by atoms with Crippen molar-refractivity contribution in [1.29, 1.82) is 0 Å². The van der Waals surface area contributed by atoms with Gasteiger partial charge in [0.2, 0.25) is 11.8 Å². The molecule has 0 spiro atoms. The molecule has 1 aromatic rings. The van der Waals surface area contributed by atoms with Crippen molar-refractivity contribution in [2.45, 2.75) is 31.7 Å². The van der Waals surface area contributed by atoms with Crippen LogP contribution in [0.15, 0.2) is 24.3 Å². The molecule has 2 amide bonds. The Balaban J connectivity index is 0.00000196. The molecule has 7 nitrogen and oxygen atoms in total. The maximum absolute atomic E-state index is 12.3. The Bertz CT molecular complexity index is 619. The first-order valence-corrected chi connectivity index (χ1v) is 9.45. The highest BCUT2D eigenvalue weighted by Crippen LogP contribution is 2.16. The van der Waals surface area contributed by atoms with Gasteiger partial charge in [0.15, 0.2) is 0 Å². The lowest BCUT2D eigenvalue weighted by Crippen LogP contribution is -2.48. The van der Waals surface area contributed by atoms with Gasteiger partial charge in [0.1, 0.15) is 6.04 Å². The normalized spacial score (nSPS) is 20.1. The molecular formula is C19H30Cl2N4O3. The van der Waals surface area contributed by atoms with Gasteiger partial charge in [-0.15, -0.1) is 24.8 Å². The smallest absolute Gasteiger partial charge is 0.243 e. The van der Waals surface area contributed by atoms with Crippen LogP contribution in [0.25, 0.3) is 0 Å². The molecule has 3 N–H and O–H groups in total. The van der Waals surface area contributed by atoms with Crippen molar-refractivity contribution in [1.82, 2.24) is 10.2 Å². The highest BCUT2D eigenvalue weighted by atomic mass is 35.5. The van der Waals surface area contributed by atoms with E-state index in [1.165, 1.54) is 12.8 Å². The van der Waals surface area contributed by atoms with E-state index in [0.29, 0.717) is 37.7 Å². The first-order chi connectivity index (χ1) is 12.7. The first-order valence-electron chi connectivity index (χ1n) is 9.45. The van der Waals surface area contributed by atoms with Crippen molar-refractivity contribution in [3.05, 3.63) is 24.3 Å². The lowest BCUT2D eigenvalue weighted by molar-refractivity contribution is -0.120. The van der Waals surface area contributed by atoms with E-state index in [1.54, 1.807) is 6.07 Å². The van der Waals surface area contributed by atoms with Crippen LogP contribution in [0.1, 0.15) is 25.7 Å². The summed E-state index contributed by atoms with van der Waals surface area (Å²) in [5.41, 5.74) is 1.35. The van der Waals surface area contributed by atoms with Crippen LogP contribution in [-0.2, 0) is 14.3 Å². The van der Waals surface area contributed by atoms with Gasteiger partial charge in [-0.25, -0.2) is 0 Å². The van der Waals surface area contributed by atoms with E-state index < -0.39 is 0 Å². The minimum atomic E-state index is -0.343. The molecule has 28 heavy (non-hydrogen) atoms. The molecule has 2 aliphatic rings. The number of nitrogens with one attached hydrogen (secondary N) is 3. The van der Waals surface area contributed by atoms with Gasteiger partial charge in [-0.1, -0.05) is 18.9 Å². The third-order valence-corrected chi connectivity index (χ3v) is 4.72. The van der Waals surface area contributed by atoms with Gasteiger partial charge in [0, 0.05) is 17.9 Å². The molecule has 2 fully saturated rings. The Morgan fingerprint density at radius 3 is 2.39 bits per heavy atom. The summed E-state index contributed by atoms with van der Waals surface area (Å²) in [5.74, 6) is -0.143. The number of carbonyl (C=O) groups excluding carboxylic acids is 2. The zero-order valence-corrected chi connectivity index (χ0v) is 17.6. The number of ether oxygens (including phenoxy) is 1. The van der Waals surface area contributed by atoms with Crippen molar-refractivity contribution in [2.75, 3.05) is 50.0 Å². The Hall–Kier alpha value is -1.38. The van der Waals surface area contributed by atoms with Crippen molar-refractivity contribution < 1.29 is 14.3 Å². The molecule has 2 saturated heterocycles. The van der Waals surface area contributed by atoms with Gasteiger partial charge >= 0.3 is 0 Å². The average Bonchev–Trinajstić information content (AvgIpc) is 2.91. The van der Waals surface area contributed by atoms with Crippen LogP contribution < -0.4 is 16.0 Å². The number of amides is 2.